The summed E-state index contributed by atoms with van der Waals surface area (Å²) in [6.45, 7) is 4.87. The Morgan fingerprint density at radius 3 is 2.64 bits per heavy atom. The highest BCUT2D eigenvalue weighted by Crippen LogP contribution is 2.36. The van der Waals surface area contributed by atoms with E-state index in [1.54, 1.807) is 30.2 Å². The fourth-order valence-corrected chi connectivity index (χ4v) is 10.4. The summed E-state index contributed by atoms with van der Waals surface area (Å²) in [4.78, 5) is 60.4. The van der Waals surface area contributed by atoms with Crippen molar-refractivity contribution in [3.63, 3.8) is 0 Å². The summed E-state index contributed by atoms with van der Waals surface area (Å²) in [6, 6.07) is 4.98. The van der Waals surface area contributed by atoms with Crippen LogP contribution in [0.15, 0.2) is 63.3 Å². The minimum Gasteiger partial charge on any atom is -0.374 e. The number of aryl methyl sites for hydroxylation is 1. The lowest BCUT2D eigenvalue weighted by molar-refractivity contribution is -0.832. The van der Waals surface area contributed by atoms with E-state index >= 15 is 0 Å². The quantitative estimate of drug-likeness (QED) is 0.185. The SMILES string of the molecule is Cn1c(=O)n(C2CCC(=O)NC2=O)c2cccc(C#CCOC3CCN(CC4CCC(n5cc(NC(=O)C6=C[N+]7(C=CC(N8C[C@H]9C[C@@H]8CO9)=NC7)N=C6)c(C(F)F)n5)CC4)CC3)c21. The van der Waals surface area contributed by atoms with E-state index in [2.05, 4.69) is 42.5 Å². The summed E-state index contributed by atoms with van der Waals surface area (Å²) in [6.07, 6.45) is 12.7. The molecule has 336 valence electrons. The smallest absolute Gasteiger partial charge is 0.329 e. The Morgan fingerprint density at radius 2 is 1.92 bits per heavy atom. The molecule has 17 nitrogen and oxygen atoms in total. The molecular formula is C45H52F2N11O6+. The van der Waals surface area contributed by atoms with Crippen LogP contribution in [0, 0.1) is 17.8 Å². The number of hydrogen-bond acceptors (Lipinski definition) is 11. The van der Waals surface area contributed by atoms with Gasteiger partial charge in [0.1, 0.15) is 42.7 Å². The third-order valence-corrected chi connectivity index (χ3v) is 13.9. The van der Waals surface area contributed by atoms with Crippen LogP contribution in [0.4, 0.5) is 14.5 Å². The molecule has 1 spiro atoms. The summed E-state index contributed by atoms with van der Waals surface area (Å²) in [7, 11) is 1.66. The molecule has 10 rings (SSSR count). The van der Waals surface area contributed by atoms with Gasteiger partial charge in [-0.25, -0.2) is 18.6 Å². The highest BCUT2D eigenvalue weighted by Gasteiger charge is 2.42. The zero-order valence-corrected chi connectivity index (χ0v) is 35.7. The van der Waals surface area contributed by atoms with Crippen molar-refractivity contribution in [1.29, 1.82) is 0 Å². The number of quaternary nitrogens is 1. The van der Waals surface area contributed by atoms with Gasteiger partial charge in [0.05, 0.1) is 53.2 Å². The van der Waals surface area contributed by atoms with Crippen molar-refractivity contribution in [2.45, 2.75) is 94.5 Å². The van der Waals surface area contributed by atoms with Crippen molar-refractivity contribution in [2.24, 2.45) is 23.1 Å². The van der Waals surface area contributed by atoms with Gasteiger partial charge in [0, 0.05) is 51.9 Å². The van der Waals surface area contributed by atoms with E-state index in [1.807, 2.05) is 24.4 Å². The molecule has 6 aliphatic heterocycles. The molecule has 64 heavy (non-hydrogen) atoms. The van der Waals surface area contributed by atoms with Gasteiger partial charge in [-0.2, -0.15) is 5.10 Å². The fraction of sp³-hybridized carbons (Fsp3) is 0.533. The molecule has 2 N–H and O–H groups in total. The molecule has 8 heterocycles. The van der Waals surface area contributed by atoms with E-state index in [0.717, 1.165) is 77.0 Å². The summed E-state index contributed by atoms with van der Waals surface area (Å²) in [5.41, 5.74) is 1.40. The van der Waals surface area contributed by atoms with E-state index in [1.165, 1.54) is 15.3 Å². The molecule has 1 aromatic carbocycles. The molecule has 2 unspecified atom stereocenters. The first kappa shape index (κ1) is 42.2. The lowest BCUT2D eigenvalue weighted by atomic mass is 9.85. The Hall–Kier alpha value is -5.81. The number of carbonyl (C=O) groups is 3. The Balaban J connectivity index is 0.678. The number of alkyl halides is 2. The Bertz CT molecular complexity index is 2600. The van der Waals surface area contributed by atoms with Crippen LogP contribution in [-0.2, 0) is 30.9 Å². The number of benzene rings is 1. The summed E-state index contributed by atoms with van der Waals surface area (Å²) in [5, 5.41) is 13.8. The van der Waals surface area contributed by atoms with E-state index < -0.39 is 30.0 Å². The van der Waals surface area contributed by atoms with E-state index in [4.69, 9.17) is 14.5 Å². The number of carbonyl (C=O) groups excluding carboxylic acids is 3. The number of aliphatic imine (C=N–C) groups is 1. The third-order valence-electron chi connectivity index (χ3n) is 13.9. The number of fused-ring (bicyclic) bond motifs is 3. The fourth-order valence-electron chi connectivity index (χ4n) is 10.4. The van der Waals surface area contributed by atoms with Crippen LogP contribution in [0.25, 0.3) is 11.0 Å². The van der Waals surface area contributed by atoms with Crippen LogP contribution in [0.2, 0.25) is 0 Å². The summed E-state index contributed by atoms with van der Waals surface area (Å²) in [5.74, 6) is 6.33. The van der Waals surface area contributed by atoms with Gasteiger partial charge < -0.3 is 24.6 Å². The van der Waals surface area contributed by atoms with E-state index in [0.29, 0.717) is 41.8 Å². The third kappa shape index (κ3) is 8.23. The number of nitrogens with one attached hydrogen (secondary N) is 2. The highest BCUT2D eigenvalue weighted by molar-refractivity contribution is 6.18. The molecule has 19 heteroatoms. The first-order valence-electron chi connectivity index (χ1n) is 22.3. The van der Waals surface area contributed by atoms with Crippen LogP contribution in [0.5, 0.6) is 0 Å². The number of anilines is 1. The topological polar surface area (TPSA) is 170 Å². The largest absolute Gasteiger partial charge is 0.374 e. The Kier molecular flexibility index (Phi) is 11.4. The highest BCUT2D eigenvalue weighted by atomic mass is 19.3. The first-order valence-corrected chi connectivity index (χ1v) is 22.3. The molecule has 3 amide bonds. The molecule has 1 aliphatic carbocycles. The number of amides is 3. The van der Waals surface area contributed by atoms with Crippen molar-refractivity contribution < 1.29 is 37.2 Å². The molecule has 4 atom stereocenters. The maximum Gasteiger partial charge on any atom is 0.329 e. The number of morpholine rings is 1. The molecule has 2 aromatic heterocycles. The molecule has 3 aromatic rings. The number of nitrogens with zero attached hydrogens (tertiary/aromatic N) is 9. The maximum atomic E-state index is 14.2. The molecule has 1 saturated carbocycles. The predicted molar refractivity (Wildman–Crippen MR) is 231 cm³/mol. The minimum atomic E-state index is -2.85. The van der Waals surface area contributed by atoms with Crippen molar-refractivity contribution >= 4 is 46.5 Å². The average Bonchev–Trinajstić information content (AvgIpc) is 4.15. The second-order valence-corrected chi connectivity index (χ2v) is 18.0. The number of halogens is 2. The monoisotopic (exact) mass is 880 g/mol. The van der Waals surface area contributed by atoms with Crippen LogP contribution in [0.3, 0.4) is 0 Å². The second-order valence-electron chi connectivity index (χ2n) is 18.0. The number of imidazole rings is 1. The van der Waals surface area contributed by atoms with Crippen molar-refractivity contribution in [2.75, 3.05) is 51.4 Å². The van der Waals surface area contributed by atoms with Gasteiger partial charge in [-0.1, -0.05) is 23.0 Å². The van der Waals surface area contributed by atoms with Gasteiger partial charge in [-0.05, 0) is 69.4 Å². The molecule has 5 fully saturated rings. The number of piperidine rings is 2. The molecule has 0 radical (unpaired) electrons. The zero-order chi connectivity index (χ0) is 44.1. The van der Waals surface area contributed by atoms with E-state index in [-0.39, 0.29) is 65.1 Å². The number of amidine groups is 1. The number of likely N-dealkylation sites (tertiary alicyclic amines) is 2. The van der Waals surface area contributed by atoms with Crippen LogP contribution < -0.4 is 16.3 Å². The van der Waals surface area contributed by atoms with Crippen LogP contribution in [0.1, 0.15) is 87.6 Å². The van der Waals surface area contributed by atoms with Crippen molar-refractivity contribution in [1.82, 2.24) is 34.0 Å². The minimum absolute atomic E-state index is 0.00856. The van der Waals surface area contributed by atoms with Gasteiger partial charge >= 0.3 is 5.69 Å². The normalized spacial score (nSPS) is 28.2. The first-order chi connectivity index (χ1) is 31.0. The van der Waals surface area contributed by atoms with Gasteiger partial charge in [-0.3, -0.25) is 33.5 Å². The number of hydrogen-bond donors (Lipinski definition) is 2. The van der Waals surface area contributed by atoms with Crippen LogP contribution >= 0.6 is 0 Å². The Morgan fingerprint density at radius 1 is 1.09 bits per heavy atom. The molecule has 7 aliphatic rings. The molecule has 4 saturated heterocycles. The second kappa shape index (κ2) is 17.3. The maximum absolute atomic E-state index is 14.2. The van der Waals surface area contributed by atoms with Crippen LogP contribution in [-0.4, -0.2) is 127 Å². The predicted octanol–water partition coefficient (Wildman–Crippen LogP) is 3.71. The van der Waals surface area contributed by atoms with Crippen molar-refractivity contribution in [3.8, 4) is 11.8 Å². The zero-order valence-electron chi connectivity index (χ0n) is 35.7. The number of rotatable bonds is 9. The lowest BCUT2D eigenvalue weighted by Crippen LogP contribution is -2.44. The van der Waals surface area contributed by atoms with Crippen molar-refractivity contribution in [3.05, 3.63) is 70.2 Å². The average molecular weight is 881 g/mol. The van der Waals surface area contributed by atoms with Gasteiger partial charge in [0.15, 0.2) is 5.69 Å². The van der Waals surface area contributed by atoms with Gasteiger partial charge in [-0.15, -0.1) is 4.59 Å². The summed E-state index contributed by atoms with van der Waals surface area (Å²) < 4.78 is 44.9. The van der Waals surface area contributed by atoms with Gasteiger partial charge in [0.2, 0.25) is 18.5 Å². The number of ether oxygens (including phenoxy) is 2. The Labute approximate surface area is 368 Å². The number of imide groups is 1. The summed E-state index contributed by atoms with van der Waals surface area (Å²) >= 11 is 0. The number of aromatic nitrogens is 4. The molecular weight excluding hydrogens is 829 g/mol. The van der Waals surface area contributed by atoms with Gasteiger partial charge in [0.25, 0.3) is 12.3 Å². The standard InChI is InChI=1S/C45H51F2N11O6/c1-53-41-29(4-2-6-36(41)57(45(53)62)37-11-12-39(59)51-44(37)61)5-3-19-63-33-13-16-54(17-14-33)22-28-7-9-31(10-8-28)56-24-35(40(52-56)42(46)47)50-43(60)30-21-49-58(25-30)18-15-38(48-27-58)55-23-34-20-32(55)26-64-34/h2,4,6,15,18,21,24-25,28,31-34,37,42H,7-14,16-17,19-20,22-23,26-27H2,1H3,(H-,50,51,59,60,61)/p+1/t28?,31?,32-,34-,37?,58?/m1/s1. The number of para-hydroxylation sites is 1. The lowest BCUT2D eigenvalue weighted by Gasteiger charge is -2.36. The molecule has 2 bridgehead atoms. The van der Waals surface area contributed by atoms with E-state index in [9.17, 15) is 28.0 Å².